The zero-order valence-electron chi connectivity index (χ0n) is 10.5. The average Bonchev–Trinajstić information content (AvgIpc) is 2.61. The van der Waals surface area contributed by atoms with E-state index in [1.54, 1.807) is 39.3 Å². The number of thiol groups is 1. The molecule has 1 unspecified atom stereocenters. The first-order valence-corrected chi connectivity index (χ1v) is 6.02. The molecule has 18 heavy (non-hydrogen) atoms. The van der Waals surface area contributed by atoms with E-state index in [-0.39, 0.29) is 16.8 Å². The van der Waals surface area contributed by atoms with Crippen LogP contribution in [0.25, 0.3) is 11.0 Å². The van der Waals surface area contributed by atoms with E-state index in [1.807, 2.05) is 0 Å². The molecule has 0 amide bonds. The maximum atomic E-state index is 12.2. The van der Waals surface area contributed by atoms with Gasteiger partial charge in [-0.05, 0) is 19.1 Å². The second kappa shape index (κ2) is 4.53. The summed E-state index contributed by atoms with van der Waals surface area (Å²) >= 11 is 4.21. The van der Waals surface area contributed by atoms with Crippen molar-refractivity contribution in [1.29, 1.82) is 5.41 Å². The fourth-order valence-electron chi connectivity index (χ4n) is 1.96. The summed E-state index contributed by atoms with van der Waals surface area (Å²) in [5.41, 5.74) is 1.08. The molecule has 0 saturated carbocycles. The van der Waals surface area contributed by atoms with Crippen LogP contribution in [0.2, 0.25) is 0 Å². The summed E-state index contributed by atoms with van der Waals surface area (Å²) in [7, 11) is 3.23. The largest absolute Gasteiger partial charge is 0.494 e. The van der Waals surface area contributed by atoms with E-state index >= 15 is 0 Å². The van der Waals surface area contributed by atoms with Gasteiger partial charge in [0.25, 0.3) is 0 Å². The van der Waals surface area contributed by atoms with E-state index in [4.69, 9.17) is 10.1 Å². The van der Waals surface area contributed by atoms with Gasteiger partial charge in [0.1, 0.15) is 17.1 Å². The van der Waals surface area contributed by atoms with Gasteiger partial charge in [-0.1, -0.05) is 6.07 Å². The third kappa shape index (κ3) is 1.73. The molecule has 5 nitrogen and oxygen atoms in total. The maximum Gasteiger partial charge on any atom is 0.334 e. The number of hydrogen-bond acceptors (Lipinski definition) is 4. The van der Waals surface area contributed by atoms with Gasteiger partial charge < -0.3 is 4.74 Å². The Morgan fingerprint density at radius 3 is 2.72 bits per heavy atom. The van der Waals surface area contributed by atoms with Gasteiger partial charge in [0.15, 0.2) is 0 Å². The van der Waals surface area contributed by atoms with E-state index in [2.05, 4.69) is 12.6 Å². The van der Waals surface area contributed by atoms with E-state index < -0.39 is 0 Å². The Labute approximate surface area is 110 Å². The van der Waals surface area contributed by atoms with Gasteiger partial charge in [0.2, 0.25) is 0 Å². The molecular formula is C12H15N3O2S. The molecular weight excluding hydrogens is 250 g/mol. The molecule has 0 bridgehead atoms. The SMILES string of the molecule is COc1cccc2c1n(C)c(=O)n2C(=N)C(C)S. The summed E-state index contributed by atoms with van der Waals surface area (Å²) in [5, 5.41) is 7.66. The Bertz CT molecular complexity index is 670. The van der Waals surface area contributed by atoms with Crippen molar-refractivity contribution in [1.82, 2.24) is 9.13 Å². The van der Waals surface area contributed by atoms with Gasteiger partial charge in [-0.3, -0.25) is 9.98 Å². The van der Waals surface area contributed by atoms with Crippen molar-refractivity contribution in [2.45, 2.75) is 12.2 Å². The third-order valence-corrected chi connectivity index (χ3v) is 3.13. The topological polar surface area (TPSA) is 60.0 Å². The van der Waals surface area contributed by atoms with Crippen LogP contribution in [0.15, 0.2) is 23.0 Å². The summed E-state index contributed by atoms with van der Waals surface area (Å²) in [6, 6.07) is 5.39. The summed E-state index contributed by atoms with van der Waals surface area (Å²) in [5.74, 6) is 0.771. The first-order valence-electron chi connectivity index (χ1n) is 5.50. The van der Waals surface area contributed by atoms with Gasteiger partial charge in [0.05, 0.1) is 17.9 Å². The Morgan fingerprint density at radius 1 is 1.50 bits per heavy atom. The van der Waals surface area contributed by atoms with Crippen molar-refractivity contribution in [2.75, 3.05) is 7.11 Å². The predicted molar refractivity (Wildman–Crippen MR) is 75.3 cm³/mol. The van der Waals surface area contributed by atoms with Crippen molar-refractivity contribution in [3.05, 3.63) is 28.7 Å². The number of nitrogens with zero attached hydrogens (tertiary/aromatic N) is 2. The van der Waals surface area contributed by atoms with Crippen LogP contribution in [0.1, 0.15) is 6.92 Å². The fourth-order valence-corrected chi connectivity index (χ4v) is 2.08. The normalized spacial score (nSPS) is 12.7. The number of ether oxygens (including phenoxy) is 1. The molecule has 2 aromatic rings. The van der Waals surface area contributed by atoms with Crippen LogP contribution in [0.4, 0.5) is 0 Å². The van der Waals surface area contributed by atoms with Crippen LogP contribution in [0, 0.1) is 5.41 Å². The number of fused-ring (bicyclic) bond motifs is 1. The molecule has 2 rings (SSSR count). The standard InChI is InChI=1S/C12H15N3O2S/c1-7(18)11(13)15-8-5-4-6-9(17-3)10(8)14(2)12(15)16/h4-7,13,18H,1-3H3. The molecule has 1 heterocycles. The van der Waals surface area contributed by atoms with Crippen molar-refractivity contribution >= 4 is 29.5 Å². The number of aromatic nitrogens is 2. The lowest BCUT2D eigenvalue weighted by Gasteiger charge is -2.08. The summed E-state index contributed by atoms with van der Waals surface area (Å²) in [4.78, 5) is 12.2. The number of imidazole rings is 1. The number of benzene rings is 1. The van der Waals surface area contributed by atoms with Crippen LogP contribution in [-0.2, 0) is 7.05 Å². The average molecular weight is 265 g/mol. The molecule has 0 spiro atoms. The highest BCUT2D eigenvalue weighted by Gasteiger charge is 2.18. The molecule has 0 aliphatic rings. The number of nitrogens with one attached hydrogen (secondary N) is 1. The van der Waals surface area contributed by atoms with E-state index in [0.717, 1.165) is 0 Å². The molecule has 0 radical (unpaired) electrons. The van der Waals surface area contributed by atoms with Crippen molar-refractivity contribution < 1.29 is 4.74 Å². The lowest BCUT2D eigenvalue weighted by atomic mass is 10.3. The van der Waals surface area contributed by atoms with Gasteiger partial charge >= 0.3 is 5.69 Å². The van der Waals surface area contributed by atoms with E-state index in [9.17, 15) is 4.79 Å². The quantitative estimate of drug-likeness (QED) is 0.491. The Balaban J connectivity index is 2.88. The second-order valence-electron chi connectivity index (χ2n) is 4.07. The molecule has 1 atom stereocenters. The van der Waals surface area contributed by atoms with E-state index in [0.29, 0.717) is 16.8 Å². The minimum Gasteiger partial charge on any atom is -0.494 e. The first-order chi connectivity index (χ1) is 8.49. The number of aryl methyl sites for hydroxylation is 1. The lowest BCUT2D eigenvalue weighted by Crippen LogP contribution is -2.31. The van der Waals surface area contributed by atoms with Gasteiger partial charge in [-0.15, -0.1) is 0 Å². The molecule has 0 fully saturated rings. The zero-order chi connectivity index (χ0) is 13.4. The molecule has 0 aliphatic heterocycles. The molecule has 1 aromatic carbocycles. The van der Waals surface area contributed by atoms with Crippen LogP contribution in [-0.4, -0.2) is 27.3 Å². The smallest absolute Gasteiger partial charge is 0.334 e. The van der Waals surface area contributed by atoms with Gasteiger partial charge in [-0.25, -0.2) is 9.36 Å². The molecule has 6 heteroatoms. The molecule has 0 saturated heterocycles. The Hall–Kier alpha value is -1.69. The van der Waals surface area contributed by atoms with Gasteiger partial charge in [0, 0.05) is 7.05 Å². The minimum atomic E-state index is -0.320. The zero-order valence-corrected chi connectivity index (χ0v) is 11.4. The lowest BCUT2D eigenvalue weighted by molar-refractivity contribution is 0.418. The summed E-state index contributed by atoms with van der Waals surface area (Å²) in [6.45, 7) is 1.76. The van der Waals surface area contributed by atoms with Crippen LogP contribution < -0.4 is 10.4 Å². The number of hydrogen-bond donors (Lipinski definition) is 2. The second-order valence-corrected chi connectivity index (χ2v) is 4.84. The minimum absolute atomic E-state index is 0.155. The van der Waals surface area contributed by atoms with Crippen LogP contribution >= 0.6 is 12.6 Å². The number of rotatable bonds is 2. The highest BCUT2D eigenvalue weighted by Crippen LogP contribution is 2.24. The Kier molecular flexibility index (Phi) is 3.21. The van der Waals surface area contributed by atoms with Crippen molar-refractivity contribution in [3.8, 4) is 5.75 Å². The van der Waals surface area contributed by atoms with Crippen LogP contribution in [0.5, 0.6) is 5.75 Å². The first kappa shape index (κ1) is 12.8. The van der Waals surface area contributed by atoms with E-state index in [1.165, 1.54) is 9.13 Å². The maximum absolute atomic E-state index is 12.2. The predicted octanol–water partition coefficient (Wildman–Crippen LogP) is 1.49. The fraction of sp³-hybridized carbons (Fsp3) is 0.333. The van der Waals surface area contributed by atoms with Crippen LogP contribution in [0.3, 0.4) is 0 Å². The molecule has 1 N–H and O–H groups in total. The summed E-state index contributed by atoms with van der Waals surface area (Å²) in [6.07, 6.45) is 0. The molecule has 96 valence electrons. The molecule has 1 aromatic heterocycles. The van der Waals surface area contributed by atoms with Gasteiger partial charge in [-0.2, -0.15) is 12.6 Å². The Morgan fingerprint density at radius 2 is 2.17 bits per heavy atom. The van der Waals surface area contributed by atoms with Crippen molar-refractivity contribution in [3.63, 3.8) is 0 Å². The number of para-hydroxylation sites is 1. The molecule has 0 aliphatic carbocycles. The number of methoxy groups -OCH3 is 1. The summed E-state index contributed by atoms with van der Waals surface area (Å²) < 4.78 is 8.10. The highest BCUT2D eigenvalue weighted by molar-refractivity contribution is 7.81. The highest BCUT2D eigenvalue weighted by atomic mass is 32.1. The monoisotopic (exact) mass is 265 g/mol. The van der Waals surface area contributed by atoms with Crippen molar-refractivity contribution in [2.24, 2.45) is 7.05 Å². The third-order valence-electron chi connectivity index (χ3n) is 2.89.